The molecule has 1 aliphatic carbocycles. The van der Waals surface area contributed by atoms with Crippen LogP contribution in [0.1, 0.15) is 71.1 Å². The largest absolute Gasteiger partial charge is 0.376 e. The summed E-state index contributed by atoms with van der Waals surface area (Å²) in [5, 5.41) is 9.60. The van der Waals surface area contributed by atoms with E-state index in [1.165, 1.54) is 16.2 Å². The molecule has 4 nitrogen and oxygen atoms in total. The summed E-state index contributed by atoms with van der Waals surface area (Å²) in [6.45, 7) is 10.8. The summed E-state index contributed by atoms with van der Waals surface area (Å²) in [6, 6.07) is 6.36. The number of nitrogens with one attached hydrogen (secondary N) is 1. The van der Waals surface area contributed by atoms with Crippen molar-refractivity contribution in [3.8, 4) is 0 Å². The molecule has 29 heavy (non-hydrogen) atoms. The fourth-order valence-corrected chi connectivity index (χ4v) is 5.87. The van der Waals surface area contributed by atoms with Crippen LogP contribution < -0.4 is 5.32 Å². The predicted octanol–water partition coefficient (Wildman–Crippen LogP) is 6.74. The van der Waals surface area contributed by atoms with Crippen molar-refractivity contribution in [2.45, 2.75) is 88.9 Å². The van der Waals surface area contributed by atoms with Crippen LogP contribution in [0.4, 0.5) is 11.5 Å². The first-order valence-corrected chi connectivity index (χ1v) is 12.1. The minimum absolute atomic E-state index is 0.0998. The first kappa shape index (κ1) is 21.1. The highest BCUT2D eigenvalue weighted by Crippen LogP contribution is 2.43. The molecular weight excluding hydrogens is 402 g/mol. The van der Waals surface area contributed by atoms with E-state index < -0.39 is 0 Å². The van der Waals surface area contributed by atoms with Crippen LogP contribution in [0.25, 0.3) is 0 Å². The van der Waals surface area contributed by atoms with Gasteiger partial charge in [-0.1, -0.05) is 11.6 Å². The third-order valence-corrected chi connectivity index (χ3v) is 7.29. The maximum Gasteiger partial charge on any atom is 0.129 e. The highest BCUT2D eigenvalue weighted by Gasteiger charge is 2.31. The third kappa shape index (κ3) is 4.47. The van der Waals surface area contributed by atoms with E-state index in [1.807, 2.05) is 17.8 Å². The van der Waals surface area contributed by atoms with Crippen LogP contribution in [0.2, 0.25) is 5.02 Å². The Balaban J connectivity index is 1.62. The SMILES string of the molecule is CC(C)OC1CCC(c2cc(Nc3ccc(Cl)c4c3CCS4)n(C(C)(C)C)n2)C1. The Kier molecular flexibility index (Phi) is 5.93. The lowest BCUT2D eigenvalue weighted by Gasteiger charge is -2.23. The van der Waals surface area contributed by atoms with E-state index in [9.17, 15) is 0 Å². The number of rotatable bonds is 5. The second kappa shape index (κ2) is 8.16. The first-order valence-electron chi connectivity index (χ1n) is 10.7. The van der Waals surface area contributed by atoms with Crippen molar-refractivity contribution in [2.75, 3.05) is 11.1 Å². The van der Waals surface area contributed by atoms with Crippen LogP contribution in [0.3, 0.4) is 0 Å². The Morgan fingerprint density at radius 2 is 2.07 bits per heavy atom. The lowest BCUT2D eigenvalue weighted by molar-refractivity contribution is 0.0117. The number of fused-ring (bicyclic) bond motifs is 1. The molecule has 2 aliphatic rings. The maximum absolute atomic E-state index is 6.41. The highest BCUT2D eigenvalue weighted by atomic mass is 35.5. The number of nitrogens with zero attached hydrogens (tertiary/aromatic N) is 2. The molecule has 2 atom stereocenters. The highest BCUT2D eigenvalue weighted by molar-refractivity contribution is 7.99. The number of hydrogen-bond acceptors (Lipinski definition) is 4. The number of halogens is 1. The zero-order valence-corrected chi connectivity index (χ0v) is 19.7. The van der Waals surface area contributed by atoms with Gasteiger partial charge in [0, 0.05) is 28.3 Å². The van der Waals surface area contributed by atoms with Crippen LogP contribution in [0.5, 0.6) is 0 Å². The molecular formula is C23H32ClN3OS. The average Bonchev–Trinajstić information content (AvgIpc) is 3.35. The zero-order valence-electron chi connectivity index (χ0n) is 18.1. The zero-order chi connectivity index (χ0) is 20.8. The number of thioether (sulfide) groups is 1. The lowest BCUT2D eigenvalue weighted by Crippen LogP contribution is -2.25. The number of anilines is 2. The fraction of sp³-hybridized carbons (Fsp3) is 0.609. The van der Waals surface area contributed by atoms with Gasteiger partial charge in [-0.05, 0) is 78.0 Å². The van der Waals surface area contributed by atoms with Crippen molar-refractivity contribution in [3.63, 3.8) is 0 Å². The van der Waals surface area contributed by atoms with Gasteiger partial charge in [-0.25, -0.2) is 4.68 Å². The summed E-state index contributed by atoms with van der Waals surface area (Å²) < 4.78 is 8.20. The van der Waals surface area contributed by atoms with Gasteiger partial charge in [0.25, 0.3) is 0 Å². The Hall–Kier alpha value is -1.17. The van der Waals surface area contributed by atoms with Crippen molar-refractivity contribution in [2.24, 2.45) is 0 Å². The monoisotopic (exact) mass is 433 g/mol. The number of hydrogen-bond donors (Lipinski definition) is 1. The molecule has 2 heterocycles. The van der Waals surface area contributed by atoms with E-state index >= 15 is 0 Å². The molecule has 2 unspecified atom stereocenters. The normalized spacial score (nSPS) is 21.8. The van der Waals surface area contributed by atoms with E-state index in [0.29, 0.717) is 12.0 Å². The molecule has 0 bridgehead atoms. The number of benzene rings is 1. The molecule has 0 saturated heterocycles. The quantitative estimate of drug-likeness (QED) is 0.566. The third-order valence-electron chi connectivity index (χ3n) is 5.70. The van der Waals surface area contributed by atoms with E-state index in [1.54, 1.807) is 0 Å². The molecule has 0 amide bonds. The topological polar surface area (TPSA) is 39.1 Å². The summed E-state index contributed by atoms with van der Waals surface area (Å²) in [4.78, 5) is 1.23. The standard InChI is InChI=1S/C23H32ClN3OS/c1-14(2)28-16-7-6-15(12-16)20-13-21(27(26-20)23(3,4)5)25-19-9-8-18(24)22-17(19)10-11-29-22/h8-9,13-16,25H,6-7,10-12H2,1-5H3. The average molecular weight is 434 g/mol. The molecule has 158 valence electrons. The summed E-state index contributed by atoms with van der Waals surface area (Å²) in [7, 11) is 0. The van der Waals surface area contributed by atoms with Crippen LogP contribution in [0.15, 0.2) is 23.1 Å². The molecule has 0 radical (unpaired) electrons. The molecule has 1 saturated carbocycles. The van der Waals surface area contributed by atoms with Crippen molar-refractivity contribution in [1.82, 2.24) is 9.78 Å². The van der Waals surface area contributed by atoms with Crippen LogP contribution in [-0.2, 0) is 16.7 Å². The molecule has 2 aromatic rings. The molecule has 0 spiro atoms. The van der Waals surface area contributed by atoms with Gasteiger partial charge in [0.05, 0.1) is 28.5 Å². The second-order valence-electron chi connectivity index (χ2n) is 9.48. The predicted molar refractivity (Wildman–Crippen MR) is 123 cm³/mol. The Morgan fingerprint density at radius 3 is 2.79 bits per heavy atom. The van der Waals surface area contributed by atoms with Crippen molar-refractivity contribution < 1.29 is 4.74 Å². The van der Waals surface area contributed by atoms with Gasteiger partial charge in [-0.15, -0.1) is 11.8 Å². The van der Waals surface area contributed by atoms with Gasteiger partial charge >= 0.3 is 0 Å². The summed E-state index contributed by atoms with van der Waals surface area (Å²) >= 11 is 8.26. The van der Waals surface area contributed by atoms with Gasteiger partial charge in [-0.3, -0.25) is 0 Å². The molecule has 1 N–H and O–H groups in total. The minimum atomic E-state index is -0.0998. The Bertz CT molecular complexity index is 887. The first-order chi connectivity index (χ1) is 13.7. The van der Waals surface area contributed by atoms with E-state index in [2.05, 4.69) is 56.8 Å². The van der Waals surface area contributed by atoms with E-state index in [4.69, 9.17) is 21.4 Å². The van der Waals surface area contributed by atoms with Crippen LogP contribution in [-0.4, -0.2) is 27.7 Å². The fourth-order valence-electron chi connectivity index (χ4n) is 4.43. The summed E-state index contributed by atoms with van der Waals surface area (Å²) in [5.41, 5.74) is 3.56. The van der Waals surface area contributed by atoms with Crippen LogP contribution in [0, 0.1) is 0 Å². The Morgan fingerprint density at radius 1 is 1.28 bits per heavy atom. The molecule has 4 rings (SSSR count). The Labute approximate surface area is 183 Å². The van der Waals surface area contributed by atoms with Crippen LogP contribution >= 0.6 is 23.4 Å². The number of ether oxygens (including phenoxy) is 1. The van der Waals surface area contributed by atoms with Gasteiger partial charge in [0.2, 0.25) is 0 Å². The van der Waals surface area contributed by atoms with Gasteiger partial charge in [0.1, 0.15) is 5.82 Å². The molecule has 1 aromatic carbocycles. The van der Waals surface area contributed by atoms with Gasteiger partial charge < -0.3 is 10.1 Å². The summed E-state index contributed by atoms with van der Waals surface area (Å²) in [6.07, 6.45) is 5.02. The molecule has 1 aliphatic heterocycles. The molecule has 1 aromatic heterocycles. The minimum Gasteiger partial charge on any atom is -0.376 e. The van der Waals surface area contributed by atoms with Gasteiger partial charge in [0.15, 0.2) is 0 Å². The molecule has 1 fully saturated rings. The van der Waals surface area contributed by atoms with E-state index in [-0.39, 0.29) is 11.6 Å². The lowest BCUT2D eigenvalue weighted by atomic mass is 10.0. The van der Waals surface area contributed by atoms with Crippen molar-refractivity contribution >= 4 is 34.9 Å². The van der Waals surface area contributed by atoms with E-state index in [0.717, 1.165) is 48.0 Å². The maximum atomic E-state index is 6.41. The number of aromatic nitrogens is 2. The molecule has 6 heteroatoms. The second-order valence-corrected chi connectivity index (χ2v) is 11.0. The summed E-state index contributed by atoms with van der Waals surface area (Å²) in [5.74, 6) is 2.62. The van der Waals surface area contributed by atoms with Crippen molar-refractivity contribution in [1.29, 1.82) is 0 Å². The van der Waals surface area contributed by atoms with Gasteiger partial charge in [-0.2, -0.15) is 5.10 Å². The smallest absolute Gasteiger partial charge is 0.129 e. The van der Waals surface area contributed by atoms with Crippen molar-refractivity contribution in [3.05, 3.63) is 34.5 Å².